The van der Waals surface area contributed by atoms with Crippen LogP contribution in [0, 0.1) is 0 Å². The van der Waals surface area contributed by atoms with Crippen molar-refractivity contribution in [1.82, 2.24) is 5.32 Å². The predicted octanol–water partition coefficient (Wildman–Crippen LogP) is 7.10. The molecule has 1 amide bonds. The van der Waals surface area contributed by atoms with Crippen molar-refractivity contribution in [2.24, 2.45) is 0 Å². The van der Waals surface area contributed by atoms with E-state index in [2.05, 4.69) is 61.7 Å². The lowest BCUT2D eigenvalue weighted by Gasteiger charge is -2.18. The van der Waals surface area contributed by atoms with E-state index in [4.69, 9.17) is 13.8 Å². The van der Waals surface area contributed by atoms with E-state index in [9.17, 15) is 34.1 Å². The Labute approximate surface area is 275 Å². The number of aliphatic hydroxyl groups is 1. The molecule has 264 valence electrons. The second kappa shape index (κ2) is 29.8. The zero-order chi connectivity index (χ0) is 34.3. The zero-order valence-corrected chi connectivity index (χ0v) is 28.7. The molecule has 0 radical (unpaired) electrons. The third-order valence-electron chi connectivity index (χ3n) is 6.63. The van der Waals surface area contributed by atoms with E-state index >= 15 is 0 Å². The number of rotatable bonds is 30. The van der Waals surface area contributed by atoms with E-state index in [1.54, 1.807) is 0 Å². The molecule has 3 atom stereocenters. The van der Waals surface area contributed by atoms with Crippen LogP contribution in [0.3, 0.4) is 0 Å². The molecule has 46 heavy (non-hydrogen) atoms. The molecule has 0 aliphatic heterocycles. The number of carboxylic acid groups (broad SMARTS) is 1. The summed E-state index contributed by atoms with van der Waals surface area (Å²) in [6.07, 6.45) is 29.0. The van der Waals surface area contributed by atoms with Gasteiger partial charge in [0.1, 0.15) is 12.7 Å². The lowest BCUT2D eigenvalue weighted by Crippen LogP contribution is -2.43. The van der Waals surface area contributed by atoms with Gasteiger partial charge in [0.25, 0.3) is 0 Å². The molecule has 12 heteroatoms. The van der Waals surface area contributed by atoms with E-state index < -0.39 is 57.6 Å². The molecular formula is C34H58NO10P. The first-order chi connectivity index (χ1) is 22.1. The van der Waals surface area contributed by atoms with Gasteiger partial charge in [0.05, 0.1) is 13.2 Å². The number of hydrogen-bond donors (Lipinski definition) is 4. The quantitative estimate of drug-likeness (QED) is 0.0267. The monoisotopic (exact) mass is 671 g/mol. The van der Waals surface area contributed by atoms with Gasteiger partial charge < -0.3 is 25.2 Å². The van der Waals surface area contributed by atoms with Crippen LogP contribution >= 0.6 is 7.82 Å². The van der Waals surface area contributed by atoms with E-state index in [1.165, 1.54) is 19.3 Å². The molecule has 0 spiro atoms. The van der Waals surface area contributed by atoms with Gasteiger partial charge >= 0.3 is 19.8 Å². The molecule has 0 fully saturated rings. The molecule has 0 aliphatic carbocycles. The van der Waals surface area contributed by atoms with Crippen molar-refractivity contribution in [3.63, 3.8) is 0 Å². The highest BCUT2D eigenvalue weighted by molar-refractivity contribution is 7.47. The average molecular weight is 672 g/mol. The molecule has 4 N–H and O–H groups in total. The molecule has 0 rings (SSSR count). The number of amides is 1. The number of aliphatic hydroxyl groups excluding tert-OH is 1. The van der Waals surface area contributed by atoms with Crippen LogP contribution in [0.4, 0.5) is 0 Å². The van der Waals surface area contributed by atoms with Gasteiger partial charge in [-0.05, 0) is 51.4 Å². The number of phosphoric acid groups is 1. The van der Waals surface area contributed by atoms with Gasteiger partial charge in [-0.2, -0.15) is 0 Å². The number of esters is 1. The van der Waals surface area contributed by atoms with Gasteiger partial charge in [-0.3, -0.25) is 18.6 Å². The Morgan fingerprint density at radius 3 is 1.87 bits per heavy atom. The van der Waals surface area contributed by atoms with Crippen LogP contribution in [0.15, 0.2) is 48.6 Å². The van der Waals surface area contributed by atoms with Gasteiger partial charge in [0.15, 0.2) is 6.04 Å². The summed E-state index contributed by atoms with van der Waals surface area (Å²) < 4.78 is 26.5. The standard InChI is InChI=1S/C34H58NO10P/c1-3-5-7-9-11-12-13-14-15-16-17-18-20-21-23-25-32(37)35-31(34(39)40)29-45-46(41,42)44-28-30(36)27-43-33(38)26-24-22-19-10-8-6-4-2/h5,7,11-12,14-15,17-18,30-31,36H,3-4,6,8-10,13,16,19-29H2,1-2H3,(H,35,37)(H,39,40)(H,41,42)/b7-5-,12-11-,15-14-,18-17-. The average Bonchev–Trinajstić information content (AvgIpc) is 3.02. The third-order valence-corrected chi connectivity index (χ3v) is 7.58. The summed E-state index contributed by atoms with van der Waals surface area (Å²) in [5.41, 5.74) is 0. The van der Waals surface area contributed by atoms with Gasteiger partial charge in [-0.25, -0.2) is 9.36 Å². The molecule has 3 unspecified atom stereocenters. The van der Waals surface area contributed by atoms with Crippen LogP contribution in [0.25, 0.3) is 0 Å². The van der Waals surface area contributed by atoms with Crippen molar-refractivity contribution >= 4 is 25.7 Å². The van der Waals surface area contributed by atoms with E-state index in [-0.39, 0.29) is 12.8 Å². The summed E-state index contributed by atoms with van der Waals surface area (Å²) in [7, 11) is -4.75. The van der Waals surface area contributed by atoms with E-state index in [0.717, 1.165) is 57.8 Å². The number of carbonyl (C=O) groups excluding carboxylic acids is 2. The number of nitrogens with one attached hydrogen (secondary N) is 1. The topological polar surface area (TPSA) is 169 Å². The maximum atomic E-state index is 12.2. The summed E-state index contributed by atoms with van der Waals surface area (Å²) in [6.45, 7) is 2.34. The predicted molar refractivity (Wildman–Crippen MR) is 180 cm³/mol. The number of unbranched alkanes of at least 4 members (excludes halogenated alkanes) is 8. The highest BCUT2D eigenvalue weighted by Crippen LogP contribution is 2.43. The number of ether oxygens (including phenoxy) is 1. The minimum absolute atomic E-state index is 0.0917. The molecular weight excluding hydrogens is 613 g/mol. The van der Waals surface area contributed by atoms with Gasteiger partial charge in [-0.1, -0.05) is 101 Å². The smallest absolute Gasteiger partial charge is 0.472 e. The molecule has 0 aliphatic rings. The minimum Gasteiger partial charge on any atom is -0.480 e. The van der Waals surface area contributed by atoms with Crippen LogP contribution in [-0.2, 0) is 32.7 Å². The molecule has 0 aromatic heterocycles. The van der Waals surface area contributed by atoms with Crippen molar-refractivity contribution in [2.75, 3.05) is 19.8 Å². The lowest BCUT2D eigenvalue weighted by atomic mass is 10.1. The fraction of sp³-hybridized carbons (Fsp3) is 0.676. The fourth-order valence-electron chi connectivity index (χ4n) is 4.01. The van der Waals surface area contributed by atoms with Crippen LogP contribution in [0.5, 0.6) is 0 Å². The highest BCUT2D eigenvalue weighted by atomic mass is 31.2. The second-order valence-electron chi connectivity index (χ2n) is 11.0. The van der Waals surface area contributed by atoms with Crippen molar-refractivity contribution in [3.05, 3.63) is 48.6 Å². The molecule has 0 saturated carbocycles. The lowest BCUT2D eigenvalue weighted by molar-refractivity contribution is -0.147. The zero-order valence-electron chi connectivity index (χ0n) is 27.9. The Balaban J connectivity index is 4.13. The van der Waals surface area contributed by atoms with Crippen molar-refractivity contribution in [3.8, 4) is 0 Å². The molecule has 0 aromatic carbocycles. The molecule has 0 bridgehead atoms. The molecule has 11 nitrogen and oxygen atoms in total. The minimum atomic E-state index is -4.75. The summed E-state index contributed by atoms with van der Waals surface area (Å²) >= 11 is 0. The van der Waals surface area contributed by atoms with Crippen molar-refractivity contribution in [1.29, 1.82) is 0 Å². The number of hydrogen-bond acceptors (Lipinski definition) is 8. The number of carboxylic acids is 1. The Morgan fingerprint density at radius 1 is 0.717 bits per heavy atom. The van der Waals surface area contributed by atoms with Crippen LogP contribution in [0.2, 0.25) is 0 Å². The Bertz CT molecular complexity index is 979. The van der Waals surface area contributed by atoms with Crippen LogP contribution in [0.1, 0.15) is 117 Å². The molecule has 0 saturated heterocycles. The van der Waals surface area contributed by atoms with Gasteiger partial charge in [0, 0.05) is 12.8 Å². The SMILES string of the molecule is CC/C=C\C/C=C\C/C=C\C/C=C\CCCCC(=O)NC(COP(=O)(O)OCC(O)COC(=O)CCCCCCCCC)C(=O)O. The summed E-state index contributed by atoms with van der Waals surface area (Å²) in [4.78, 5) is 45.4. The van der Waals surface area contributed by atoms with E-state index in [0.29, 0.717) is 12.8 Å². The number of carbonyl (C=O) groups is 3. The Morgan fingerprint density at radius 2 is 1.26 bits per heavy atom. The van der Waals surface area contributed by atoms with Crippen molar-refractivity contribution < 1.29 is 47.8 Å². The highest BCUT2D eigenvalue weighted by Gasteiger charge is 2.28. The molecule has 0 aromatic rings. The van der Waals surface area contributed by atoms with Gasteiger partial charge in [0.2, 0.25) is 5.91 Å². The fourth-order valence-corrected chi connectivity index (χ4v) is 4.78. The largest absolute Gasteiger partial charge is 0.480 e. The summed E-state index contributed by atoms with van der Waals surface area (Å²) in [6, 6.07) is -1.57. The van der Waals surface area contributed by atoms with E-state index in [1.807, 2.05) is 6.08 Å². The van der Waals surface area contributed by atoms with Gasteiger partial charge in [-0.15, -0.1) is 0 Å². The first-order valence-corrected chi connectivity index (χ1v) is 18.2. The normalized spacial score (nSPS) is 14.7. The second-order valence-corrected chi connectivity index (χ2v) is 12.4. The first-order valence-electron chi connectivity index (χ1n) is 16.7. The van der Waals surface area contributed by atoms with Crippen molar-refractivity contribution in [2.45, 2.75) is 129 Å². The number of phosphoric ester groups is 1. The maximum Gasteiger partial charge on any atom is 0.472 e. The Hall–Kier alpha value is -2.56. The number of allylic oxidation sites excluding steroid dienone is 8. The summed E-state index contributed by atoms with van der Waals surface area (Å²) in [5.74, 6) is -2.45. The van der Waals surface area contributed by atoms with Crippen LogP contribution < -0.4 is 5.32 Å². The first kappa shape index (κ1) is 43.4. The van der Waals surface area contributed by atoms with Crippen LogP contribution in [-0.4, -0.2) is 64.9 Å². The molecule has 0 heterocycles. The summed E-state index contributed by atoms with van der Waals surface area (Å²) in [5, 5.41) is 21.6. The number of aliphatic carboxylic acids is 1. The maximum absolute atomic E-state index is 12.2. The Kier molecular flexibility index (Phi) is 28.2. The third kappa shape index (κ3) is 28.9.